The lowest BCUT2D eigenvalue weighted by Gasteiger charge is -2.31. The molecule has 0 bridgehead atoms. The molecule has 170 valence electrons. The highest BCUT2D eigenvalue weighted by Gasteiger charge is 2.32. The van der Waals surface area contributed by atoms with Crippen LogP contribution >= 0.6 is 0 Å². The standard InChI is InChI=1S/C26H44N2O2/c1-18-10-12-20(13-11-18)14-19(2)28-24(30)22(17-26(6,7)8)15-21(23(29)27-9)16-25(3,4)5/h10-13,19,21-22H,14-17H2,1-9H3,(H,27,29)(H,28,30). The molecule has 4 heteroatoms. The van der Waals surface area contributed by atoms with Crippen molar-refractivity contribution < 1.29 is 9.59 Å². The summed E-state index contributed by atoms with van der Waals surface area (Å²) in [5, 5.41) is 6.02. The van der Waals surface area contributed by atoms with E-state index < -0.39 is 0 Å². The second-order valence-corrected chi connectivity index (χ2v) is 11.4. The van der Waals surface area contributed by atoms with Crippen molar-refractivity contribution >= 4 is 11.8 Å². The molecule has 30 heavy (non-hydrogen) atoms. The van der Waals surface area contributed by atoms with Crippen molar-refractivity contribution in [2.75, 3.05) is 7.05 Å². The summed E-state index contributed by atoms with van der Waals surface area (Å²) in [6.07, 6.45) is 2.90. The largest absolute Gasteiger partial charge is 0.359 e. The van der Waals surface area contributed by atoms with Gasteiger partial charge in [0.05, 0.1) is 0 Å². The first-order valence-corrected chi connectivity index (χ1v) is 11.3. The lowest BCUT2D eigenvalue weighted by Crippen LogP contribution is -2.42. The average molecular weight is 417 g/mol. The van der Waals surface area contributed by atoms with Crippen LogP contribution in [0.3, 0.4) is 0 Å². The van der Waals surface area contributed by atoms with E-state index in [2.05, 4.69) is 90.3 Å². The van der Waals surface area contributed by atoms with Crippen LogP contribution in [0.15, 0.2) is 24.3 Å². The van der Waals surface area contributed by atoms with Crippen molar-refractivity contribution in [3.8, 4) is 0 Å². The third-order valence-corrected chi connectivity index (χ3v) is 5.33. The highest BCUT2D eigenvalue weighted by Crippen LogP contribution is 2.33. The van der Waals surface area contributed by atoms with Crippen LogP contribution in [-0.2, 0) is 16.0 Å². The molecule has 1 aromatic carbocycles. The van der Waals surface area contributed by atoms with Crippen molar-refractivity contribution in [2.45, 2.75) is 87.1 Å². The Morgan fingerprint density at radius 3 is 1.77 bits per heavy atom. The SMILES string of the molecule is CNC(=O)C(CC(CC(C)(C)C)C(=O)NC(C)Cc1ccc(C)cc1)CC(C)(C)C. The van der Waals surface area contributed by atoms with Crippen molar-refractivity contribution in [1.82, 2.24) is 10.6 Å². The molecule has 0 fully saturated rings. The maximum absolute atomic E-state index is 13.2. The van der Waals surface area contributed by atoms with Gasteiger partial charge in [0.1, 0.15) is 0 Å². The van der Waals surface area contributed by atoms with Gasteiger partial charge in [-0.1, -0.05) is 71.4 Å². The monoisotopic (exact) mass is 416 g/mol. The minimum Gasteiger partial charge on any atom is -0.359 e. The Bertz CT molecular complexity index is 680. The van der Waals surface area contributed by atoms with Gasteiger partial charge in [-0.25, -0.2) is 0 Å². The summed E-state index contributed by atoms with van der Waals surface area (Å²) in [7, 11) is 1.68. The summed E-state index contributed by atoms with van der Waals surface area (Å²) in [4.78, 5) is 25.8. The molecular weight excluding hydrogens is 372 g/mol. The summed E-state index contributed by atoms with van der Waals surface area (Å²) in [6, 6.07) is 8.49. The number of carbonyl (C=O) groups is 2. The molecule has 0 saturated carbocycles. The summed E-state index contributed by atoms with van der Waals surface area (Å²) in [6.45, 7) is 17.0. The molecule has 3 atom stereocenters. The normalized spacial score (nSPS) is 15.2. The van der Waals surface area contributed by atoms with Gasteiger partial charge < -0.3 is 10.6 Å². The fourth-order valence-corrected chi connectivity index (χ4v) is 4.08. The van der Waals surface area contributed by atoms with Crippen LogP contribution in [0.2, 0.25) is 0 Å². The first-order chi connectivity index (χ1) is 13.7. The number of rotatable bonds is 9. The molecule has 2 amide bonds. The molecule has 0 heterocycles. The molecule has 0 aliphatic carbocycles. The van der Waals surface area contributed by atoms with Gasteiger partial charge in [0, 0.05) is 24.9 Å². The Kier molecular flexibility index (Phi) is 9.58. The highest BCUT2D eigenvalue weighted by atomic mass is 16.2. The first-order valence-electron chi connectivity index (χ1n) is 11.3. The average Bonchev–Trinajstić information content (AvgIpc) is 2.59. The molecule has 0 saturated heterocycles. The molecule has 3 unspecified atom stereocenters. The Morgan fingerprint density at radius 1 is 0.867 bits per heavy atom. The molecule has 0 aromatic heterocycles. The molecule has 0 aliphatic heterocycles. The Labute approximate surface area is 184 Å². The van der Waals surface area contributed by atoms with E-state index >= 15 is 0 Å². The van der Waals surface area contributed by atoms with E-state index in [1.54, 1.807) is 7.05 Å². The van der Waals surface area contributed by atoms with Crippen LogP contribution in [0.1, 0.15) is 78.9 Å². The molecule has 0 aliphatic rings. The smallest absolute Gasteiger partial charge is 0.223 e. The predicted molar refractivity (Wildman–Crippen MR) is 126 cm³/mol. The predicted octanol–water partition coefficient (Wildman–Crippen LogP) is 5.28. The van der Waals surface area contributed by atoms with E-state index in [-0.39, 0.29) is 40.5 Å². The van der Waals surface area contributed by atoms with Crippen molar-refractivity contribution in [3.05, 3.63) is 35.4 Å². The second kappa shape index (κ2) is 11.0. The molecule has 1 aromatic rings. The number of aryl methyl sites for hydroxylation is 1. The van der Waals surface area contributed by atoms with Crippen LogP contribution in [0.4, 0.5) is 0 Å². The topological polar surface area (TPSA) is 58.2 Å². The number of amides is 2. The fraction of sp³-hybridized carbons (Fsp3) is 0.692. The molecule has 0 radical (unpaired) electrons. The van der Waals surface area contributed by atoms with Gasteiger partial charge in [-0.15, -0.1) is 0 Å². The number of hydrogen-bond donors (Lipinski definition) is 2. The number of hydrogen-bond acceptors (Lipinski definition) is 2. The van der Waals surface area contributed by atoms with E-state index in [9.17, 15) is 9.59 Å². The molecule has 4 nitrogen and oxygen atoms in total. The van der Waals surface area contributed by atoms with Crippen LogP contribution in [0, 0.1) is 29.6 Å². The van der Waals surface area contributed by atoms with Gasteiger partial charge in [0.2, 0.25) is 11.8 Å². The van der Waals surface area contributed by atoms with E-state index in [4.69, 9.17) is 0 Å². The van der Waals surface area contributed by atoms with Crippen molar-refractivity contribution in [1.29, 1.82) is 0 Å². The summed E-state index contributed by atoms with van der Waals surface area (Å²) in [5.41, 5.74) is 2.49. The zero-order chi connectivity index (χ0) is 23.1. The lowest BCUT2D eigenvalue weighted by atomic mass is 9.75. The van der Waals surface area contributed by atoms with E-state index in [1.165, 1.54) is 11.1 Å². The van der Waals surface area contributed by atoms with Crippen molar-refractivity contribution in [2.24, 2.45) is 22.7 Å². The van der Waals surface area contributed by atoms with Crippen molar-refractivity contribution in [3.63, 3.8) is 0 Å². The van der Waals surface area contributed by atoms with Gasteiger partial charge in [-0.05, 0) is 55.9 Å². The third kappa shape index (κ3) is 10.3. The zero-order valence-electron chi connectivity index (χ0n) is 20.7. The second-order valence-electron chi connectivity index (χ2n) is 11.4. The summed E-state index contributed by atoms with van der Waals surface area (Å²) >= 11 is 0. The Balaban J connectivity index is 2.91. The summed E-state index contributed by atoms with van der Waals surface area (Å²) < 4.78 is 0. The van der Waals surface area contributed by atoms with E-state index in [0.717, 1.165) is 19.3 Å². The van der Waals surface area contributed by atoms with Gasteiger partial charge >= 0.3 is 0 Å². The molecule has 1 rings (SSSR count). The molecule has 2 N–H and O–H groups in total. The number of carbonyl (C=O) groups excluding carboxylic acids is 2. The minimum absolute atomic E-state index is 0.0111. The molecular formula is C26H44N2O2. The third-order valence-electron chi connectivity index (χ3n) is 5.33. The van der Waals surface area contributed by atoms with E-state index in [1.807, 2.05) is 0 Å². The number of benzene rings is 1. The van der Waals surface area contributed by atoms with Gasteiger partial charge in [-0.3, -0.25) is 9.59 Å². The quantitative estimate of drug-likeness (QED) is 0.575. The van der Waals surface area contributed by atoms with Crippen LogP contribution in [0.5, 0.6) is 0 Å². The Hall–Kier alpha value is -1.84. The van der Waals surface area contributed by atoms with Gasteiger partial charge in [0.25, 0.3) is 0 Å². The van der Waals surface area contributed by atoms with Crippen LogP contribution < -0.4 is 10.6 Å². The fourth-order valence-electron chi connectivity index (χ4n) is 4.08. The highest BCUT2D eigenvalue weighted by molar-refractivity contribution is 5.82. The maximum Gasteiger partial charge on any atom is 0.223 e. The van der Waals surface area contributed by atoms with Gasteiger partial charge in [0.15, 0.2) is 0 Å². The first kappa shape index (κ1) is 26.2. The van der Waals surface area contributed by atoms with Crippen LogP contribution in [-0.4, -0.2) is 24.9 Å². The van der Waals surface area contributed by atoms with E-state index in [0.29, 0.717) is 6.42 Å². The zero-order valence-corrected chi connectivity index (χ0v) is 20.7. The number of nitrogens with one attached hydrogen (secondary N) is 2. The maximum atomic E-state index is 13.2. The van der Waals surface area contributed by atoms with Gasteiger partial charge in [-0.2, -0.15) is 0 Å². The molecule has 0 spiro atoms. The minimum atomic E-state index is -0.185. The summed E-state index contributed by atoms with van der Waals surface area (Å²) in [5.74, 6) is -0.257. The Morgan fingerprint density at radius 2 is 1.33 bits per heavy atom. The van der Waals surface area contributed by atoms with Crippen LogP contribution in [0.25, 0.3) is 0 Å². The lowest BCUT2D eigenvalue weighted by molar-refractivity contribution is -0.130.